The number of alkyl halides is 3. The van der Waals surface area contributed by atoms with Gasteiger partial charge in [0.05, 0.1) is 0 Å². The average molecular weight is 253 g/mol. The first-order chi connectivity index (χ1) is 7.59. The van der Waals surface area contributed by atoms with Crippen molar-refractivity contribution < 1.29 is 27.9 Å². The first-order valence-electron chi connectivity index (χ1n) is 5.21. The van der Waals surface area contributed by atoms with Crippen molar-refractivity contribution in [3.8, 4) is 0 Å². The smallest absolute Gasteiger partial charge is 0.422 e. The van der Waals surface area contributed by atoms with Gasteiger partial charge < -0.3 is 10.4 Å². The van der Waals surface area contributed by atoms with Crippen molar-refractivity contribution >= 4 is 11.9 Å². The van der Waals surface area contributed by atoms with E-state index in [1.165, 1.54) is 6.92 Å². The molecule has 0 aromatic rings. The van der Waals surface area contributed by atoms with E-state index in [-0.39, 0.29) is 5.92 Å². The van der Waals surface area contributed by atoms with Gasteiger partial charge in [0.2, 0.25) is 11.4 Å². The predicted molar refractivity (Wildman–Crippen MR) is 52.1 cm³/mol. The van der Waals surface area contributed by atoms with E-state index in [2.05, 4.69) is 0 Å². The number of carbonyl (C=O) groups excluding carboxylic acids is 1. The third-order valence-electron chi connectivity index (χ3n) is 3.11. The van der Waals surface area contributed by atoms with Gasteiger partial charge in [-0.05, 0) is 25.7 Å². The van der Waals surface area contributed by atoms with Gasteiger partial charge in [-0.2, -0.15) is 13.2 Å². The van der Waals surface area contributed by atoms with Gasteiger partial charge in [-0.15, -0.1) is 0 Å². The highest BCUT2D eigenvalue weighted by Gasteiger charge is 2.59. The molecule has 0 spiro atoms. The van der Waals surface area contributed by atoms with E-state index in [4.69, 9.17) is 5.11 Å². The minimum absolute atomic E-state index is 0.0706. The maximum atomic E-state index is 12.6. The summed E-state index contributed by atoms with van der Waals surface area (Å²) in [5.74, 6) is -3.49. The van der Waals surface area contributed by atoms with E-state index in [1.807, 2.05) is 0 Å². The Morgan fingerprint density at radius 3 is 2.12 bits per heavy atom. The number of rotatable bonds is 4. The van der Waals surface area contributed by atoms with Crippen molar-refractivity contribution in [2.75, 3.05) is 0 Å². The lowest BCUT2D eigenvalue weighted by Gasteiger charge is -2.29. The van der Waals surface area contributed by atoms with Crippen molar-refractivity contribution in [2.24, 2.45) is 11.8 Å². The van der Waals surface area contributed by atoms with Gasteiger partial charge >= 0.3 is 12.1 Å². The molecule has 0 saturated heterocycles. The lowest BCUT2D eigenvalue weighted by molar-refractivity contribution is -0.207. The quantitative estimate of drug-likeness (QED) is 0.798. The van der Waals surface area contributed by atoms with Crippen LogP contribution < -0.4 is 5.32 Å². The molecule has 1 aliphatic rings. The van der Waals surface area contributed by atoms with Crippen LogP contribution in [0.15, 0.2) is 0 Å². The van der Waals surface area contributed by atoms with E-state index in [0.29, 0.717) is 6.92 Å². The topological polar surface area (TPSA) is 66.4 Å². The molecular weight excluding hydrogens is 239 g/mol. The van der Waals surface area contributed by atoms with Gasteiger partial charge in [-0.3, -0.25) is 4.79 Å². The Morgan fingerprint density at radius 1 is 1.35 bits per heavy atom. The number of hydrogen-bond donors (Lipinski definition) is 2. The second kappa shape index (κ2) is 4.19. The van der Waals surface area contributed by atoms with E-state index in [1.54, 1.807) is 5.32 Å². The van der Waals surface area contributed by atoms with E-state index in [0.717, 1.165) is 12.8 Å². The maximum Gasteiger partial charge on any atom is 0.422 e. The van der Waals surface area contributed by atoms with Crippen LogP contribution in [0.5, 0.6) is 0 Å². The fourth-order valence-electron chi connectivity index (χ4n) is 1.42. The van der Waals surface area contributed by atoms with E-state index >= 15 is 0 Å². The Kier molecular flexibility index (Phi) is 3.40. The summed E-state index contributed by atoms with van der Waals surface area (Å²) in [6, 6.07) is 0. The van der Waals surface area contributed by atoms with Gasteiger partial charge in [-0.25, -0.2) is 4.79 Å². The molecule has 0 aliphatic heterocycles. The Morgan fingerprint density at radius 2 is 1.82 bits per heavy atom. The molecule has 17 heavy (non-hydrogen) atoms. The standard InChI is InChI=1S/C10H14F3NO3/c1-5(6-3-4-6)7(15)14-9(2,8(16)17)10(11,12)13/h5-6H,3-4H2,1-2H3,(H,14,15)(H,16,17). The van der Waals surface area contributed by atoms with Crippen LogP contribution in [0.2, 0.25) is 0 Å². The van der Waals surface area contributed by atoms with Crippen molar-refractivity contribution in [3.63, 3.8) is 0 Å². The number of halogens is 3. The molecule has 0 aromatic carbocycles. The van der Waals surface area contributed by atoms with Crippen molar-refractivity contribution in [3.05, 3.63) is 0 Å². The summed E-state index contributed by atoms with van der Waals surface area (Å²) in [6.45, 7) is 1.96. The second-order valence-electron chi connectivity index (χ2n) is 4.54. The fraction of sp³-hybridized carbons (Fsp3) is 0.800. The molecule has 1 amide bonds. The van der Waals surface area contributed by atoms with E-state index < -0.39 is 29.5 Å². The maximum absolute atomic E-state index is 12.6. The van der Waals surface area contributed by atoms with Crippen LogP contribution in [0.25, 0.3) is 0 Å². The zero-order chi connectivity index (χ0) is 13.4. The number of carboxylic acids is 1. The fourth-order valence-corrected chi connectivity index (χ4v) is 1.42. The molecule has 2 N–H and O–H groups in total. The number of hydrogen-bond acceptors (Lipinski definition) is 2. The van der Waals surface area contributed by atoms with Gasteiger partial charge in [0.1, 0.15) is 0 Å². The first-order valence-corrected chi connectivity index (χ1v) is 5.21. The third kappa shape index (κ3) is 2.70. The molecule has 0 radical (unpaired) electrons. The largest absolute Gasteiger partial charge is 0.479 e. The van der Waals surface area contributed by atoms with Gasteiger partial charge in [0.25, 0.3) is 0 Å². The number of carbonyl (C=O) groups is 2. The lowest BCUT2D eigenvalue weighted by Crippen LogP contribution is -2.62. The summed E-state index contributed by atoms with van der Waals surface area (Å²) < 4.78 is 37.8. The highest BCUT2D eigenvalue weighted by atomic mass is 19.4. The Bertz CT molecular complexity index is 338. The van der Waals surface area contributed by atoms with Gasteiger partial charge in [0.15, 0.2) is 0 Å². The summed E-state index contributed by atoms with van der Waals surface area (Å²) in [5, 5.41) is 10.2. The molecule has 1 aliphatic carbocycles. The molecule has 2 unspecified atom stereocenters. The summed E-state index contributed by atoms with van der Waals surface area (Å²) in [7, 11) is 0. The molecule has 1 saturated carbocycles. The molecule has 0 bridgehead atoms. The minimum Gasteiger partial charge on any atom is -0.479 e. The van der Waals surface area contributed by atoms with Crippen molar-refractivity contribution in [1.82, 2.24) is 5.32 Å². The minimum atomic E-state index is -5.03. The van der Waals surface area contributed by atoms with Crippen LogP contribution in [0.1, 0.15) is 26.7 Å². The summed E-state index contributed by atoms with van der Waals surface area (Å²) in [4.78, 5) is 22.2. The highest BCUT2D eigenvalue weighted by molar-refractivity contribution is 5.88. The van der Waals surface area contributed by atoms with Crippen LogP contribution in [-0.2, 0) is 9.59 Å². The van der Waals surface area contributed by atoms with Crippen LogP contribution in [0, 0.1) is 11.8 Å². The number of aliphatic carboxylic acids is 1. The summed E-state index contributed by atoms with van der Waals surface area (Å²) in [6.07, 6.45) is -3.44. The number of carboxylic acid groups (broad SMARTS) is 1. The number of amides is 1. The molecule has 4 nitrogen and oxygen atoms in total. The molecule has 2 atom stereocenters. The van der Waals surface area contributed by atoms with Gasteiger partial charge in [0, 0.05) is 5.92 Å². The number of nitrogens with one attached hydrogen (secondary N) is 1. The van der Waals surface area contributed by atoms with Crippen molar-refractivity contribution in [2.45, 2.75) is 38.4 Å². The second-order valence-corrected chi connectivity index (χ2v) is 4.54. The van der Waals surface area contributed by atoms with E-state index in [9.17, 15) is 22.8 Å². The SMILES string of the molecule is CC(C(=O)NC(C)(C(=O)O)C(F)(F)F)C1CC1. The lowest BCUT2D eigenvalue weighted by atomic mass is 9.98. The molecule has 1 rings (SSSR count). The van der Waals surface area contributed by atoms with Crippen LogP contribution in [0.3, 0.4) is 0 Å². The molecule has 1 fully saturated rings. The Hall–Kier alpha value is -1.27. The van der Waals surface area contributed by atoms with Crippen LogP contribution >= 0.6 is 0 Å². The molecule has 98 valence electrons. The Labute approximate surface area is 96.2 Å². The Balaban J connectivity index is 2.80. The average Bonchev–Trinajstić information content (AvgIpc) is 2.97. The molecule has 0 heterocycles. The van der Waals surface area contributed by atoms with Crippen molar-refractivity contribution in [1.29, 1.82) is 0 Å². The zero-order valence-corrected chi connectivity index (χ0v) is 9.47. The zero-order valence-electron chi connectivity index (χ0n) is 9.47. The molecular formula is C10H14F3NO3. The van der Waals surface area contributed by atoms with Crippen LogP contribution in [0.4, 0.5) is 13.2 Å². The predicted octanol–water partition coefficient (Wildman–Crippen LogP) is 1.55. The van der Waals surface area contributed by atoms with Gasteiger partial charge in [-0.1, -0.05) is 6.92 Å². The normalized spacial score (nSPS) is 21.5. The third-order valence-corrected chi connectivity index (χ3v) is 3.11. The molecule has 0 aromatic heterocycles. The monoisotopic (exact) mass is 253 g/mol. The summed E-state index contributed by atoms with van der Waals surface area (Å²) in [5.41, 5.74) is -3.23. The molecule has 7 heteroatoms. The highest BCUT2D eigenvalue weighted by Crippen LogP contribution is 2.37. The summed E-state index contributed by atoms with van der Waals surface area (Å²) >= 11 is 0. The first kappa shape index (κ1) is 13.8. The van der Waals surface area contributed by atoms with Crippen LogP contribution in [-0.4, -0.2) is 28.7 Å².